The van der Waals surface area contributed by atoms with Crippen molar-refractivity contribution in [3.8, 4) is 6.07 Å². The molecule has 0 heterocycles. The van der Waals surface area contributed by atoms with Gasteiger partial charge in [-0.25, -0.2) is 0 Å². The van der Waals surface area contributed by atoms with E-state index in [1.54, 1.807) is 0 Å². The summed E-state index contributed by atoms with van der Waals surface area (Å²) in [5.41, 5.74) is 0. The highest BCUT2D eigenvalue weighted by Gasteiger charge is 2.44. The van der Waals surface area contributed by atoms with Crippen molar-refractivity contribution in [2.45, 2.75) is 6.42 Å². The Morgan fingerprint density at radius 1 is 0.625 bits per heavy atom. The Hall–Kier alpha value is -2.13. The third-order valence-corrected chi connectivity index (χ3v) is 8.58. The summed E-state index contributed by atoms with van der Waals surface area (Å²) in [5.74, 6) is 0. The molecule has 0 aliphatic carbocycles. The van der Waals surface area contributed by atoms with Crippen LogP contribution >= 0.6 is 7.26 Å². The van der Waals surface area contributed by atoms with E-state index in [0.717, 1.165) is 6.16 Å². The molecule has 3 heteroatoms. The second kappa shape index (κ2) is 8.65. The lowest BCUT2D eigenvalue weighted by Crippen LogP contribution is -3.00. The molecule has 0 atom stereocenters. The summed E-state index contributed by atoms with van der Waals surface area (Å²) >= 11 is 0. The Kier molecular flexibility index (Phi) is 6.56. The topological polar surface area (TPSA) is 23.8 Å². The number of nitriles is 1. The quantitative estimate of drug-likeness (QED) is 0.627. The summed E-state index contributed by atoms with van der Waals surface area (Å²) < 4.78 is 0. The summed E-state index contributed by atoms with van der Waals surface area (Å²) in [7, 11) is -1.79. The highest BCUT2D eigenvalue weighted by atomic mass is 35.5. The predicted molar refractivity (Wildman–Crippen MR) is 100 cm³/mol. The molecule has 0 spiro atoms. The fraction of sp³-hybridized carbons (Fsp3) is 0.0952. The molecular formula is C21H19ClNP. The van der Waals surface area contributed by atoms with Crippen molar-refractivity contribution < 1.29 is 12.4 Å². The van der Waals surface area contributed by atoms with Crippen molar-refractivity contribution >= 4 is 23.2 Å². The zero-order chi connectivity index (χ0) is 16.0. The molecule has 1 nitrogen and oxygen atoms in total. The molecule has 0 N–H and O–H groups in total. The molecule has 0 aliphatic heterocycles. The molecule has 3 aromatic carbocycles. The minimum Gasteiger partial charge on any atom is -1.00 e. The van der Waals surface area contributed by atoms with Crippen LogP contribution in [0.15, 0.2) is 91.0 Å². The van der Waals surface area contributed by atoms with Gasteiger partial charge in [0.25, 0.3) is 0 Å². The lowest BCUT2D eigenvalue weighted by atomic mass is 10.4. The maximum absolute atomic E-state index is 9.24. The lowest BCUT2D eigenvalue weighted by molar-refractivity contribution is -0.00000471. The van der Waals surface area contributed by atoms with Crippen LogP contribution in [0.4, 0.5) is 0 Å². The standard InChI is InChI=1S/C21H19NP.ClH/c22-17-10-18-23(19-11-4-1-5-12-19,20-13-6-2-7-14-20)21-15-8-3-9-16-21;/h1-9,11-16H,10,18H2;1H/q+1;/p-1. The summed E-state index contributed by atoms with van der Waals surface area (Å²) in [5, 5.41) is 13.3. The molecule has 3 rings (SSSR count). The first-order valence-electron chi connectivity index (χ1n) is 7.80. The smallest absolute Gasteiger partial charge is 0.113 e. The van der Waals surface area contributed by atoms with E-state index in [1.165, 1.54) is 15.9 Å². The molecule has 120 valence electrons. The van der Waals surface area contributed by atoms with Crippen LogP contribution in [0.3, 0.4) is 0 Å². The van der Waals surface area contributed by atoms with Crippen LogP contribution in [0, 0.1) is 11.3 Å². The van der Waals surface area contributed by atoms with E-state index in [-0.39, 0.29) is 12.4 Å². The fourth-order valence-corrected chi connectivity index (χ4v) is 7.25. The number of benzene rings is 3. The van der Waals surface area contributed by atoms with E-state index in [1.807, 2.05) is 0 Å². The van der Waals surface area contributed by atoms with Gasteiger partial charge >= 0.3 is 0 Å². The SMILES string of the molecule is N#CCC[P+](c1ccccc1)(c1ccccc1)c1ccccc1.[Cl-]. The van der Waals surface area contributed by atoms with Crippen LogP contribution < -0.4 is 28.3 Å². The van der Waals surface area contributed by atoms with Crippen LogP contribution in [0.5, 0.6) is 0 Å². The first-order chi connectivity index (χ1) is 11.4. The van der Waals surface area contributed by atoms with Gasteiger partial charge in [0.15, 0.2) is 0 Å². The van der Waals surface area contributed by atoms with Crippen molar-refractivity contribution in [3.05, 3.63) is 91.0 Å². The summed E-state index contributed by atoms with van der Waals surface area (Å²) in [4.78, 5) is 0. The van der Waals surface area contributed by atoms with Gasteiger partial charge in [-0.15, -0.1) is 0 Å². The van der Waals surface area contributed by atoms with E-state index in [2.05, 4.69) is 97.1 Å². The van der Waals surface area contributed by atoms with Gasteiger partial charge in [0.05, 0.1) is 18.7 Å². The minimum atomic E-state index is -1.79. The van der Waals surface area contributed by atoms with Crippen molar-refractivity contribution in [1.29, 1.82) is 5.26 Å². The van der Waals surface area contributed by atoms with Crippen LogP contribution in [0.1, 0.15) is 6.42 Å². The van der Waals surface area contributed by atoms with Gasteiger partial charge in [-0.05, 0) is 36.4 Å². The van der Waals surface area contributed by atoms with Crippen molar-refractivity contribution in [3.63, 3.8) is 0 Å². The third kappa shape index (κ3) is 3.51. The molecule has 0 saturated heterocycles. The van der Waals surface area contributed by atoms with Gasteiger partial charge in [-0.3, -0.25) is 0 Å². The number of hydrogen-bond acceptors (Lipinski definition) is 1. The maximum Gasteiger partial charge on any atom is 0.113 e. The zero-order valence-corrected chi connectivity index (χ0v) is 15.0. The van der Waals surface area contributed by atoms with Crippen molar-refractivity contribution in [1.82, 2.24) is 0 Å². The highest BCUT2D eigenvalue weighted by Crippen LogP contribution is 2.55. The van der Waals surface area contributed by atoms with Gasteiger partial charge in [0.1, 0.15) is 23.2 Å². The average Bonchev–Trinajstić information content (AvgIpc) is 2.65. The molecule has 0 aliphatic rings. The maximum atomic E-state index is 9.24. The van der Waals surface area contributed by atoms with Crippen LogP contribution in [0.25, 0.3) is 0 Å². The molecule has 0 amide bonds. The van der Waals surface area contributed by atoms with E-state index >= 15 is 0 Å². The molecule has 0 saturated carbocycles. The number of rotatable bonds is 5. The van der Waals surface area contributed by atoms with Crippen molar-refractivity contribution in [2.75, 3.05) is 6.16 Å². The van der Waals surface area contributed by atoms with E-state index < -0.39 is 7.26 Å². The first kappa shape index (κ1) is 18.2. The highest BCUT2D eigenvalue weighted by molar-refractivity contribution is 7.95. The molecule has 0 fully saturated rings. The molecule has 0 unspecified atom stereocenters. The number of halogens is 1. The molecule has 24 heavy (non-hydrogen) atoms. The van der Waals surface area contributed by atoms with Gasteiger partial charge in [0, 0.05) is 0 Å². The fourth-order valence-electron chi connectivity index (χ4n) is 3.10. The molecule has 0 radical (unpaired) electrons. The van der Waals surface area contributed by atoms with Gasteiger partial charge in [-0.2, -0.15) is 5.26 Å². The Bertz CT molecular complexity index is 686. The van der Waals surface area contributed by atoms with Crippen LogP contribution in [-0.4, -0.2) is 6.16 Å². The van der Waals surface area contributed by atoms with Crippen molar-refractivity contribution in [2.24, 2.45) is 0 Å². The Balaban J connectivity index is 0.00000208. The summed E-state index contributed by atoms with van der Waals surface area (Å²) in [6.07, 6.45) is 1.44. The Morgan fingerprint density at radius 2 is 0.958 bits per heavy atom. The number of nitrogens with zero attached hydrogens (tertiary/aromatic N) is 1. The number of hydrogen-bond donors (Lipinski definition) is 0. The minimum absolute atomic E-state index is 0. The molecule has 0 aromatic heterocycles. The van der Waals surface area contributed by atoms with Crippen LogP contribution in [0.2, 0.25) is 0 Å². The molecule has 3 aromatic rings. The normalized spacial score (nSPS) is 10.5. The molecule has 0 bridgehead atoms. The van der Waals surface area contributed by atoms with Gasteiger partial charge in [0.2, 0.25) is 0 Å². The second-order valence-corrected chi connectivity index (χ2v) is 9.06. The lowest BCUT2D eigenvalue weighted by Gasteiger charge is -2.26. The second-order valence-electron chi connectivity index (χ2n) is 5.45. The average molecular weight is 352 g/mol. The largest absolute Gasteiger partial charge is 1.00 e. The summed E-state index contributed by atoms with van der Waals surface area (Å²) in [6, 6.07) is 34.4. The Labute approximate surface area is 150 Å². The monoisotopic (exact) mass is 351 g/mol. The van der Waals surface area contributed by atoms with E-state index in [9.17, 15) is 5.26 Å². The predicted octanol–water partition coefficient (Wildman–Crippen LogP) is 0.898. The van der Waals surface area contributed by atoms with Crippen LogP contribution in [-0.2, 0) is 0 Å². The van der Waals surface area contributed by atoms with Gasteiger partial charge < -0.3 is 12.4 Å². The first-order valence-corrected chi connectivity index (χ1v) is 9.77. The molecular weight excluding hydrogens is 333 g/mol. The van der Waals surface area contributed by atoms with Gasteiger partial charge in [-0.1, -0.05) is 54.6 Å². The van der Waals surface area contributed by atoms with E-state index in [4.69, 9.17) is 0 Å². The summed E-state index contributed by atoms with van der Waals surface area (Å²) in [6.45, 7) is 0. The third-order valence-electron chi connectivity index (χ3n) is 4.15. The Morgan fingerprint density at radius 3 is 1.25 bits per heavy atom. The van der Waals surface area contributed by atoms with E-state index in [0.29, 0.717) is 6.42 Å². The zero-order valence-electron chi connectivity index (χ0n) is 13.3.